The second-order valence-electron chi connectivity index (χ2n) is 5.05. The number of hydrogen-bond donors (Lipinski definition) is 1. The van der Waals surface area contributed by atoms with Crippen molar-refractivity contribution in [1.29, 1.82) is 0 Å². The van der Waals surface area contributed by atoms with Crippen molar-refractivity contribution in [2.75, 3.05) is 19.8 Å². The van der Waals surface area contributed by atoms with Crippen LogP contribution >= 0.6 is 24.0 Å². The second-order valence-corrected chi connectivity index (χ2v) is 6.76. The molecular formula is C17H20N2S2. The van der Waals surface area contributed by atoms with Crippen molar-refractivity contribution in [3.8, 4) is 0 Å². The normalized spacial score (nSPS) is 11.9. The number of para-hydroxylation sites is 1. The van der Waals surface area contributed by atoms with E-state index in [2.05, 4.69) is 30.3 Å². The predicted octanol–water partition coefficient (Wildman–Crippen LogP) is 4.38. The molecule has 110 valence electrons. The van der Waals surface area contributed by atoms with Crippen LogP contribution in [-0.4, -0.2) is 24.0 Å². The van der Waals surface area contributed by atoms with E-state index >= 15 is 0 Å². The molecule has 1 atom stereocenters. The number of hydrogen-bond acceptors (Lipinski definition) is 3. The quantitative estimate of drug-likeness (QED) is 0.503. The van der Waals surface area contributed by atoms with Crippen LogP contribution in [0.25, 0.3) is 0 Å². The Labute approximate surface area is 136 Å². The Morgan fingerprint density at radius 2 is 1.71 bits per heavy atom. The van der Waals surface area contributed by atoms with Gasteiger partial charge in [-0.15, -0.1) is 11.8 Å². The monoisotopic (exact) mass is 316 g/mol. The minimum absolute atomic E-state index is 0.269. The minimum atomic E-state index is 0.269. The highest BCUT2D eigenvalue weighted by molar-refractivity contribution is 7.99. The molecule has 2 N–H and O–H groups in total. The standard InChI is InChI=1S/C17H20N2S2/c1-19(2)17(20)12-16(13-8-4-3-5-9-13)21-15-11-7-6-10-14(15)18/h3-11,16H,12,18H2,1-2H3/t16-/m1/s1. The summed E-state index contributed by atoms with van der Waals surface area (Å²) in [7, 11) is 3.98. The third kappa shape index (κ3) is 4.48. The Balaban J connectivity index is 2.24. The van der Waals surface area contributed by atoms with Gasteiger partial charge in [-0.25, -0.2) is 0 Å². The van der Waals surface area contributed by atoms with Gasteiger partial charge in [0.25, 0.3) is 0 Å². The molecule has 0 spiro atoms. The molecule has 2 aromatic rings. The highest BCUT2D eigenvalue weighted by Crippen LogP contribution is 2.40. The smallest absolute Gasteiger partial charge is 0.0788 e. The van der Waals surface area contributed by atoms with Crippen LogP contribution in [0.1, 0.15) is 17.2 Å². The van der Waals surface area contributed by atoms with E-state index in [1.165, 1.54) is 5.56 Å². The van der Waals surface area contributed by atoms with Gasteiger partial charge in [0.05, 0.1) is 4.99 Å². The fourth-order valence-corrected chi connectivity index (χ4v) is 3.45. The Morgan fingerprint density at radius 1 is 1.10 bits per heavy atom. The van der Waals surface area contributed by atoms with Gasteiger partial charge in [0.1, 0.15) is 0 Å². The molecule has 0 saturated heterocycles. The third-order valence-corrected chi connectivity index (χ3v) is 5.10. The van der Waals surface area contributed by atoms with Gasteiger partial charge in [-0.2, -0.15) is 0 Å². The maximum Gasteiger partial charge on any atom is 0.0788 e. The van der Waals surface area contributed by atoms with Crippen LogP contribution in [0.2, 0.25) is 0 Å². The second kappa shape index (κ2) is 7.48. The van der Waals surface area contributed by atoms with Gasteiger partial charge in [-0.3, -0.25) is 0 Å². The van der Waals surface area contributed by atoms with E-state index in [9.17, 15) is 0 Å². The van der Waals surface area contributed by atoms with Crippen molar-refractivity contribution in [2.24, 2.45) is 0 Å². The Kier molecular flexibility index (Phi) is 5.65. The van der Waals surface area contributed by atoms with Crippen LogP contribution in [-0.2, 0) is 0 Å². The Morgan fingerprint density at radius 3 is 2.33 bits per heavy atom. The first kappa shape index (κ1) is 15.9. The average molecular weight is 316 g/mol. The number of nitrogens with two attached hydrogens (primary N) is 1. The minimum Gasteiger partial charge on any atom is -0.398 e. The van der Waals surface area contributed by atoms with Crippen LogP contribution in [0.4, 0.5) is 5.69 Å². The zero-order chi connectivity index (χ0) is 15.2. The summed E-state index contributed by atoms with van der Waals surface area (Å²) in [5, 5.41) is 0.269. The van der Waals surface area contributed by atoms with Crippen molar-refractivity contribution in [1.82, 2.24) is 4.90 Å². The van der Waals surface area contributed by atoms with E-state index in [1.54, 1.807) is 11.8 Å². The first-order valence-corrected chi connectivity index (χ1v) is 8.13. The molecule has 0 bridgehead atoms. The molecule has 0 aliphatic carbocycles. The zero-order valence-electron chi connectivity index (χ0n) is 12.3. The molecule has 0 radical (unpaired) electrons. The van der Waals surface area contributed by atoms with E-state index < -0.39 is 0 Å². The molecule has 21 heavy (non-hydrogen) atoms. The van der Waals surface area contributed by atoms with Crippen LogP contribution in [0.5, 0.6) is 0 Å². The summed E-state index contributed by atoms with van der Waals surface area (Å²) >= 11 is 7.26. The molecule has 0 aromatic heterocycles. The molecule has 0 fully saturated rings. The van der Waals surface area contributed by atoms with Crippen molar-refractivity contribution < 1.29 is 0 Å². The summed E-state index contributed by atoms with van der Waals surface area (Å²) in [4.78, 5) is 4.05. The van der Waals surface area contributed by atoms with Crippen molar-refractivity contribution in [3.63, 3.8) is 0 Å². The number of anilines is 1. The third-order valence-electron chi connectivity index (χ3n) is 3.22. The first-order valence-electron chi connectivity index (χ1n) is 6.84. The lowest BCUT2D eigenvalue weighted by Crippen LogP contribution is -2.21. The maximum absolute atomic E-state index is 6.07. The lowest BCUT2D eigenvalue weighted by Gasteiger charge is -2.21. The fourth-order valence-electron chi connectivity index (χ4n) is 1.98. The molecule has 0 unspecified atom stereocenters. The molecule has 2 nitrogen and oxygen atoms in total. The van der Waals surface area contributed by atoms with E-state index in [0.29, 0.717) is 0 Å². The molecule has 0 heterocycles. The highest BCUT2D eigenvalue weighted by Gasteiger charge is 2.17. The summed E-state index contributed by atoms with van der Waals surface area (Å²) in [5.74, 6) is 0. The molecule has 0 aliphatic heterocycles. The summed E-state index contributed by atoms with van der Waals surface area (Å²) < 4.78 is 0. The molecule has 0 aliphatic rings. The summed E-state index contributed by atoms with van der Waals surface area (Å²) in [6.45, 7) is 0. The molecule has 2 aromatic carbocycles. The van der Waals surface area contributed by atoms with Gasteiger partial charge >= 0.3 is 0 Å². The maximum atomic E-state index is 6.07. The number of rotatable bonds is 5. The zero-order valence-corrected chi connectivity index (χ0v) is 14.0. The van der Waals surface area contributed by atoms with Gasteiger partial charge in [0.15, 0.2) is 0 Å². The predicted molar refractivity (Wildman–Crippen MR) is 96.8 cm³/mol. The lowest BCUT2D eigenvalue weighted by molar-refractivity contribution is 0.615. The first-order chi connectivity index (χ1) is 10.1. The summed E-state index contributed by atoms with van der Waals surface area (Å²) in [6, 6.07) is 18.4. The van der Waals surface area contributed by atoms with Gasteiger partial charge < -0.3 is 10.6 Å². The number of thiocarbonyl (C=S) groups is 1. The van der Waals surface area contributed by atoms with Gasteiger partial charge in [-0.1, -0.05) is 54.7 Å². The van der Waals surface area contributed by atoms with Gasteiger partial charge in [-0.05, 0) is 17.7 Å². The number of nitrogen functional groups attached to an aromatic ring is 1. The van der Waals surface area contributed by atoms with Crippen LogP contribution in [0.15, 0.2) is 59.5 Å². The molecule has 0 amide bonds. The van der Waals surface area contributed by atoms with Crippen molar-refractivity contribution in [2.45, 2.75) is 16.6 Å². The molecule has 0 saturated carbocycles. The average Bonchev–Trinajstić information content (AvgIpc) is 2.49. The SMILES string of the molecule is CN(C)C(=S)C[C@@H](Sc1ccccc1N)c1ccccc1. The molecule has 2 rings (SSSR count). The number of nitrogens with zero attached hydrogens (tertiary/aromatic N) is 1. The van der Waals surface area contributed by atoms with Crippen LogP contribution in [0.3, 0.4) is 0 Å². The molecule has 4 heteroatoms. The van der Waals surface area contributed by atoms with Crippen molar-refractivity contribution in [3.05, 3.63) is 60.2 Å². The number of thioether (sulfide) groups is 1. The Bertz CT molecular complexity index is 597. The largest absolute Gasteiger partial charge is 0.398 e. The van der Waals surface area contributed by atoms with Crippen molar-refractivity contribution >= 4 is 34.7 Å². The van der Waals surface area contributed by atoms with Crippen LogP contribution in [0, 0.1) is 0 Å². The van der Waals surface area contributed by atoms with E-state index in [1.807, 2.05) is 43.3 Å². The van der Waals surface area contributed by atoms with E-state index in [-0.39, 0.29) is 5.25 Å². The fraction of sp³-hybridized carbons (Fsp3) is 0.235. The van der Waals surface area contributed by atoms with Gasteiger partial charge in [0.2, 0.25) is 0 Å². The summed E-state index contributed by atoms with van der Waals surface area (Å²) in [6.07, 6.45) is 0.825. The van der Waals surface area contributed by atoms with E-state index in [4.69, 9.17) is 18.0 Å². The highest BCUT2D eigenvalue weighted by atomic mass is 32.2. The Hall–Kier alpha value is -1.52. The lowest BCUT2D eigenvalue weighted by atomic mass is 10.1. The van der Waals surface area contributed by atoms with Gasteiger partial charge in [0, 0.05) is 36.3 Å². The molecular weight excluding hydrogens is 296 g/mol. The number of benzene rings is 2. The topological polar surface area (TPSA) is 29.3 Å². The van der Waals surface area contributed by atoms with Crippen LogP contribution < -0.4 is 5.73 Å². The summed E-state index contributed by atoms with van der Waals surface area (Å²) in [5.41, 5.74) is 8.17. The van der Waals surface area contributed by atoms with E-state index in [0.717, 1.165) is 22.0 Å².